The second kappa shape index (κ2) is 4.61. The third-order valence-electron chi connectivity index (χ3n) is 3.58. The molecule has 1 aromatic heterocycles. The Bertz CT molecular complexity index is 765. The van der Waals surface area contributed by atoms with Crippen molar-refractivity contribution in [3.05, 3.63) is 53.7 Å². The molecule has 0 aliphatic carbocycles. The number of hydrogen-bond donors (Lipinski definition) is 2. The van der Waals surface area contributed by atoms with Gasteiger partial charge in [0.05, 0.1) is 24.0 Å². The van der Waals surface area contributed by atoms with Crippen molar-refractivity contribution >= 4 is 21.7 Å². The van der Waals surface area contributed by atoms with Crippen LogP contribution in [0.2, 0.25) is 0 Å². The summed E-state index contributed by atoms with van der Waals surface area (Å²) in [7, 11) is 2.00. The molecule has 19 heavy (non-hydrogen) atoms. The number of rotatable bonds is 2. The minimum atomic E-state index is -0.0251. The Balaban J connectivity index is 2.53. The maximum Gasteiger partial charge on any atom is 0.212 e. The lowest BCUT2D eigenvalue weighted by Crippen LogP contribution is -2.28. The van der Waals surface area contributed by atoms with Crippen LogP contribution in [-0.4, -0.2) is 10.2 Å². The van der Waals surface area contributed by atoms with Crippen LogP contribution in [0.3, 0.4) is 0 Å². The van der Waals surface area contributed by atoms with Gasteiger partial charge < -0.3 is 10.2 Å². The van der Waals surface area contributed by atoms with E-state index in [9.17, 15) is 10.2 Å². The Labute approximate surface area is 111 Å². The topological polar surface area (TPSA) is 44.3 Å². The molecule has 3 aromatic rings. The first kappa shape index (κ1) is 12.1. The van der Waals surface area contributed by atoms with Crippen LogP contribution in [-0.2, 0) is 20.3 Å². The zero-order valence-corrected chi connectivity index (χ0v) is 10.8. The number of para-hydroxylation sites is 1. The summed E-state index contributed by atoms with van der Waals surface area (Å²) in [5.41, 5.74) is 2.81. The molecule has 3 rings (SSSR count). The molecule has 2 N–H and O–H groups in total. The van der Waals surface area contributed by atoms with Crippen LogP contribution < -0.4 is 4.57 Å². The van der Waals surface area contributed by atoms with Gasteiger partial charge in [0.15, 0.2) is 6.20 Å². The highest BCUT2D eigenvalue weighted by Gasteiger charge is 2.13. The van der Waals surface area contributed by atoms with E-state index in [1.165, 1.54) is 0 Å². The fraction of sp³-hybridized carbons (Fsp3) is 0.188. The van der Waals surface area contributed by atoms with Crippen molar-refractivity contribution < 1.29 is 14.8 Å². The number of aliphatic hydroxyl groups excluding tert-OH is 2. The molecular weight excluding hydrogens is 238 g/mol. The average Bonchev–Trinajstić information content (AvgIpc) is 2.47. The highest BCUT2D eigenvalue weighted by molar-refractivity contribution is 6.05. The number of pyridine rings is 1. The number of hydrogen-bond acceptors (Lipinski definition) is 2. The van der Waals surface area contributed by atoms with Crippen LogP contribution in [0.4, 0.5) is 0 Å². The van der Waals surface area contributed by atoms with Crippen LogP contribution in [0, 0.1) is 0 Å². The maximum absolute atomic E-state index is 9.53. The summed E-state index contributed by atoms with van der Waals surface area (Å²) in [4.78, 5) is 0. The van der Waals surface area contributed by atoms with Gasteiger partial charge in [-0.2, -0.15) is 0 Å². The molecule has 0 atom stereocenters. The molecule has 0 saturated heterocycles. The van der Waals surface area contributed by atoms with Crippen molar-refractivity contribution in [3.63, 3.8) is 0 Å². The molecule has 0 saturated carbocycles. The van der Waals surface area contributed by atoms with E-state index in [1.54, 1.807) is 0 Å². The van der Waals surface area contributed by atoms with Crippen LogP contribution in [0.1, 0.15) is 11.1 Å². The lowest BCUT2D eigenvalue weighted by molar-refractivity contribution is -0.643. The number of aliphatic hydroxyl groups is 2. The molecule has 0 fully saturated rings. The molecular formula is C16H16NO2+. The maximum atomic E-state index is 9.53. The minimum absolute atomic E-state index is 0.0156. The zero-order valence-electron chi connectivity index (χ0n) is 10.8. The van der Waals surface area contributed by atoms with Crippen molar-refractivity contribution in [3.8, 4) is 0 Å². The monoisotopic (exact) mass is 254 g/mol. The van der Waals surface area contributed by atoms with Gasteiger partial charge in [-0.3, -0.25) is 0 Å². The summed E-state index contributed by atoms with van der Waals surface area (Å²) in [6, 6.07) is 12.0. The number of aromatic nitrogens is 1. The van der Waals surface area contributed by atoms with Gasteiger partial charge in [0.2, 0.25) is 5.52 Å². The normalized spacial score (nSPS) is 11.3. The highest BCUT2D eigenvalue weighted by Crippen LogP contribution is 2.26. The van der Waals surface area contributed by atoms with Crippen molar-refractivity contribution in [1.29, 1.82) is 0 Å². The fourth-order valence-corrected chi connectivity index (χ4v) is 2.65. The number of aryl methyl sites for hydroxylation is 1. The second-order valence-corrected chi connectivity index (χ2v) is 4.79. The number of benzene rings is 2. The van der Waals surface area contributed by atoms with Crippen LogP contribution in [0.25, 0.3) is 21.7 Å². The van der Waals surface area contributed by atoms with E-state index in [4.69, 9.17) is 0 Å². The first-order valence-electron chi connectivity index (χ1n) is 6.29. The SMILES string of the molecule is C[n+]1cc2c(CO)cc(CO)cc2c2ccccc21. The Morgan fingerprint density at radius 1 is 0.947 bits per heavy atom. The molecule has 0 bridgehead atoms. The molecule has 2 aromatic carbocycles. The van der Waals surface area contributed by atoms with Crippen LogP contribution in [0.15, 0.2) is 42.6 Å². The predicted octanol–water partition coefficient (Wildman–Crippen LogP) is 1.80. The largest absolute Gasteiger partial charge is 0.392 e. The molecule has 0 amide bonds. The van der Waals surface area contributed by atoms with Gasteiger partial charge in [0, 0.05) is 11.5 Å². The fourth-order valence-electron chi connectivity index (χ4n) is 2.65. The first-order valence-corrected chi connectivity index (χ1v) is 6.29. The Morgan fingerprint density at radius 2 is 1.74 bits per heavy atom. The molecule has 1 heterocycles. The Hall–Kier alpha value is -1.97. The smallest absolute Gasteiger partial charge is 0.212 e. The van der Waals surface area contributed by atoms with Gasteiger partial charge in [-0.15, -0.1) is 0 Å². The lowest BCUT2D eigenvalue weighted by atomic mass is 9.99. The molecule has 0 unspecified atom stereocenters. The quantitative estimate of drug-likeness (QED) is 0.541. The van der Waals surface area contributed by atoms with E-state index >= 15 is 0 Å². The summed E-state index contributed by atoms with van der Waals surface area (Å²) < 4.78 is 2.06. The highest BCUT2D eigenvalue weighted by atomic mass is 16.3. The predicted molar refractivity (Wildman–Crippen MR) is 74.5 cm³/mol. The Morgan fingerprint density at radius 3 is 2.47 bits per heavy atom. The third-order valence-corrected chi connectivity index (χ3v) is 3.58. The third kappa shape index (κ3) is 1.87. The summed E-state index contributed by atoms with van der Waals surface area (Å²) in [5, 5.41) is 22.1. The molecule has 3 nitrogen and oxygen atoms in total. The summed E-state index contributed by atoms with van der Waals surface area (Å²) in [5.74, 6) is 0. The zero-order chi connectivity index (χ0) is 13.4. The standard InChI is InChI=1S/C16H16NO2/c1-17-8-15-12(10-19)6-11(9-18)7-14(15)13-4-2-3-5-16(13)17/h2-8,18-19H,9-10H2,1H3/q+1. The van der Waals surface area contributed by atoms with Gasteiger partial charge in [-0.05, 0) is 23.3 Å². The van der Waals surface area contributed by atoms with Gasteiger partial charge in [-0.25, -0.2) is 4.57 Å². The first-order chi connectivity index (χ1) is 9.24. The molecule has 0 aliphatic heterocycles. The van der Waals surface area contributed by atoms with E-state index in [0.717, 1.165) is 32.8 Å². The summed E-state index contributed by atoms with van der Waals surface area (Å²) >= 11 is 0. The minimum Gasteiger partial charge on any atom is -0.392 e. The lowest BCUT2D eigenvalue weighted by Gasteiger charge is -2.08. The van der Waals surface area contributed by atoms with Crippen LogP contribution >= 0.6 is 0 Å². The molecule has 3 heteroatoms. The Kier molecular flexibility index (Phi) is 2.93. The average molecular weight is 254 g/mol. The van der Waals surface area contributed by atoms with Crippen molar-refractivity contribution in [1.82, 2.24) is 0 Å². The molecule has 0 spiro atoms. The van der Waals surface area contributed by atoms with Crippen molar-refractivity contribution in [2.75, 3.05) is 0 Å². The van der Waals surface area contributed by atoms with Crippen LogP contribution in [0.5, 0.6) is 0 Å². The molecule has 96 valence electrons. The number of fused-ring (bicyclic) bond motifs is 3. The van der Waals surface area contributed by atoms with E-state index in [1.807, 2.05) is 37.5 Å². The van der Waals surface area contributed by atoms with Gasteiger partial charge >= 0.3 is 0 Å². The van der Waals surface area contributed by atoms with Gasteiger partial charge in [-0.1, -0.05) is 18.2 Å². The second-order valence-electron chi connectivity index (χ2n) is 4.79. The van der Waals surface area contributed by atoms with E-state index < -0.39 is 0 Å². The number of nitrogens with zero attached hydrogens (tertiary/aromatic N) is 1. The summed E-state index contributed by atoms with van der Waals surface area (Å²) in [6.45, 7) is -0.0407. The summed E-state index contributed by atoms with van der Waals surface area (Å²) in [6.07, 6.45) is 2.03. The molecule has 0 radical (unpaired) electrons. The van der Waals surface area contributed by atoms with E-state index in [2.05, 4.69) is 16.7 Å². The van der Waals surface area contributed by atoms with Crippen molar-refractivity contribution in [2.24, 2.45) is 7.05 Å². The van der Waals surface area contributed by atoms with Gasteiger partial charge in [0.1, 0.15) is 7.05 Å². The molecule has 0 aliphatic rings. The van der Waals surface area contributed by atoms with E-state index in [0.29, 0.717) is 0 Å². The van der Waals surface area contributed by atoms with Gasteiger partial charge in [0.25, 0.3) is 0 Å². The van der Waals surface area contributed by atoms with E-state index in [-0.39, 0.29) is 13.2 Å². The van der Waals surface area contributed by atoms with Crippen molar-refractivity contribution in [2.45, 2.75) is 13.2 Å².